The van der Waals surface area contributed by atoms with Gasteiger partial charge in [0.2, 0.25) is 5.92 Å². The fraction of sp³-hybridized carbons (Fsp3) is 0.458. The second-order valence-corrected chi connectivity index (χ2v) is 8.82. The molecular formula is C24H29F2N5O. The van der Waals surface area contributed by atoms with Gasteiger partial charge in [-0.1, -0.05) is 5.16 Å². The van der Waals surface area contributed by atoms with Gasteiger partial charge in [0.15, 0.2) is 0 Å². The van der Waals surface area contributed by atoms with Gasteiger partial charge in [0, 0.05) is 55.5 Å². The van der Waals surface area contributed by atoms with Gasteiger partial charge in [0.05, 0.1) is 23.3 Å². The molecule has 3 heterocycles. The SMILES string of the molecule is C=Nc1c(-c2cnn(C)c2)cn(CC2CCC(F)(F)CC2)c1/C=C(\C)c1c(C)noc1C. The fourth-order valence-corrected chi connectivity index (χ4v) is 4.68. The van der Waals surface area contributed by atoms with Crippen LogP contribution in [0.15, 0.2) is 28.1 Å². The maximum absolute atomic E-state index is 13.7. The van der Waals surface area contributed by atoms with Crippen LogP contribution in [0.2, 0.25) is 0 Å². The predicted octanol–water partition coefficient (Wildman–Crippen LogP) is 6.21. The Morgan fingerprint density at radius 1 is 1.31 bits per heavy atom. The number of aryl methyl sites for hydroxylation is 3. The van der Waals surface area contributed by atoms with Gasteiger partial charge in [-0.25, -0.2) is 8.78 Å². The lowest BCUT2D eigenvalue weighted by atomic mass is 9.86. The third kappa shape index (κ3) is 4.31. The Hall–Kier alpha value is -3.03. The van der Waals surface area contributed by atoms with Crippen LogP contribution in [0.4, 0.5) is 14.5 Å². The van der Waals surface area contributed by atoms with Crippen molar-refractivity contribution in [3.63, 3.8) is 0 Å². The van der Waals surface area contributed by atoms with E-state index in [4.69, 9.17) is 4.52 Å². The highest BCUT2D eigenvalue weighted by molar-refractivity contribution is 5.89. The van der Waals surface area contributed by atoms with Gasteiger partial charge >= 0.3 is 0 Å². The van der Waals surface area contributed by atoms with Gasteiger partial charge in [-0.15, -0.1) is 0 Å². The van der Waals surface area contributed by atoms with Crippen LogP contribution in [0, 0.1) is 19.8 Å². The van der Waals surface area contributed by atoms with Crippen molar-refractivity contribution in [1.82, 2.24) is 19.5 Å². The Morgan fingerprint density at radius 2 is 2.03 bits per heavy atom. The van der Waals surface area contributed by atoms with Gasteiger partial charge in [-0.05, 0) is 57.9 Å². The number of nitrogens with zero attached hydrogens (tertiary/aromatic N) is 5. The zero-order valence-electron chi connectivity index (χ0n) is 19.0. The summed E-state index contributed by atoms with van der Waals surface area (Å²) in [5, 5.41) is 8.36. The molecule has 0 amide bonds. The van der Waals surface area contributed by atoms with E-state index in [1.807, 2.05) is 40.2 Å². The molecular weight excluding hydrogens is 412 g/mol. The molecule has 0 aliphatic heterocycles. The maximum Gasteiger partial charge on any atom is 0.248 e. The Labute approximate surface area is 186 Å². The molecule has 170 valence electrons. The zero-order valence-corrected chi connectivity index (χ0v) is 19.0. The average molecular weight is 442 g/mol. The molecule has 1 fully saturated rings. The van der Waals surface area contributed by atoms with Gasteiger partial charge in [0.1, 0.15) is 5.76 Å². The molecule has 32 heavy (non-hydrogen) atoms. The third-order valence-electron chi connectivity index (χ3n) is 6.34. The molecule has 3 aromatic heterocycles. The Kier molecular flexibility index (Phi) is 5.88. The highest BCUT2D eigenvalue weighted by Crippen LogP contribution is 2.41. The van der Waals surface area contributed by atoms with Gasteiger partial charge in [0.25, 0.3) is 0 Å². The third-order valence-corrected chi connectivity index (χ3v) is 6.34. The molecule has 0 saturated heterocycles. The Bertz CT molecular complexity index is 1140. The summed E-state index contributed by atoms with van der Waals surface area (Å²) in [6, 6.07) is 0. The van der Waals surface area contributed by atoms with Crippen molar-refractivity contribution >= 4 is 24.1 Å². The summed E-state index contributed by atoms with van der Waals surface area (Å²) in [7, 11) is 1.87. The fourth-order valence-electron chi connectivity index (χ4n) is 4.68. The quantitative estimate of drug-likeness (QED) is 0.427. The molecule has 8 heteroatoms. The lowest BCUT2D eigenvalue weighted by molar-refractivity contribution is -0.0473. The first-order valence-electron chi connectivity index (χ1n) is 10.9. The van der Waals surface area contributed by atoms with Crippen LogP contribution in [0.5, 0.6) is 0 Å². The van der Waals surface area contributed by atoms with E-state index in [0.29, 0.717) is 19.4 Å². The Morgan fingerprint density at radius 3 is 2.59 bits per heavy atom. The van der Waals surface area contributed by atoms with Gasteiger partial charge in [-0.2, -0.15) is 5.10 Å². The molecule has 0 radical (unpaired) electrons. The van der Waals surface area contributed by atoms with Crippen LogP contribution >= 0.6 is 0 Å². The van der Waals surface area contributed by atoms with Crippen LogP contribution in [-0.2, 0) is 13.6 Å². The molecule has 0 aromatic carbocycles. The van der Waals surface area contributed by atoms with Gasteiger partial charge < -0.3 is 9.09 Å². The number of aliphatic imine (C=N–C) groups is 1. The molecule has 0 spiro atoms. The average Bonchev–Trinajstić information content (AvgIpc) is 3.41. The second-order valence-electron chi connectivity index (χ2n) is 8.82. The van der Waals surface area contributed by atoms with E-state index in [1.165, 1.54) is 0 Å². The molecule has 0 bridgehead atoms. The molecule has 1 aliphatic carbocycles. The summed E-state index contributed by atoms with van der Waals surface area (Å²) < 4.78 is 36.6. The van der Waals surface area contributed by atoms with Crippen molar-refractivity contribution in [3.05, 3.63) is 41.3 Å². The van der Waals surface area contributed by atoms with Gasteiger partial charge in [-0.3, -0.25) is 9.67 Å². The molecule has 0 unspecified atom stereocenters. The first kappa shape index (κ1) is 22.2. The topological polar surface area (TPSA) is 61.1 Å². The summed E-state index contributed by atoms with van der Waals surface area (Å²) in [5.41, 5.74) is 6.30. The van der Waals surface area contributed by atoms with Crippen molar-refractivity contribution in [3.8, 4) is 11.1 Å². The number of aromatic nitrogens is 4. The lowest BCUT2D eigenvalue weighted by Gasteiger charge is -2.28. The predicted molar refractivity (Wildman–Crippen MR) is 122 cm³/mol. The lowest BCUT2D eigenvalue weighted by Crippen LogP contribution is -2.26. The summed E-state index contributed by atoms with van der Waals surface area (Å²) in [6.07, 6.45) is 8.75. The van der Waals surface area contributed by atoms with E-state index < -0.39 is 5.92 Å². The van der Waals surface area contributed by atoms with Crippen molar-refractivity contribution in [2.75, 3.05) is 0 Å². The molecule has 1 saturated carbocycles. The van der Waals surface area contributed by atoms with Crippen molar-refractivity contribution in [2.24, 2.45) is 18.0 Å². The molecule has 6 nitrogen and oxygen atoms in total. The summed E-state index contributed by atoms with van der Waals surface area (Å²) >= 11 is 0. The van der Waals surface area contributed by atoms with Crippen LogP contribution in [0.1, 0.15) is 55.3 Å². The highest BCUT2D eigenvalue weighted by atomic mass is 19.3. The standard InChI is InChI=1S/C24H29F2N5O/c1-15(22-16(2)29-32-17(22)3)10-21-23(27-4)20(19-11-28-30(5)13-19)14-31(21)12-18-6-8-24(25,26)9-7-18/h10-11,13-14,18H,4,6-9,12H2,1-3,5H3/b15-10+. The smallest absolute Gasteiger partial charge is 0.248 e. The van der Waals surface area contributed by atoms with E-state index in [1.54, 1.807) is 10.9 Å². The normalized spacial score (nSPS) is 17.1. The van der Waals surface area contributed by atoms with E-state index >= 15 is 0 Å². The molecule has 3 aromatic rings. The minimum Gasteiger partial charge on any atom is -0.361 e. The zero-order chi connectivity index (χ0) is 23.0. The minimum atomic E-state index is -2.54. The van der Waals surface area contributed by atoms with Crippen LogP contribution in [0.25, 0.3) is 22.8 Å². The largest absolute Gasteiger partial charge is 0.361 e. The van der Waals surface area contributed by atoms with E-state index in [2.05, 4.69) is 32.6 Å². The Balaban J connectivity index is 1.78. The highest BCUT2D eigenvalue weighted by Gasteiger charge is 2.35. The monoisotopic (exact) mass is 441 g/mol. The number of hydrogen-bond acceptors (Lipinski definition) is 4. The molecule has 0 N–H and O–H groups in total. The molecule has 4 rings (SSSR count). The van der Waals surface area contributed by atoms with Crippen LogP contribution in [0.3, 0.4) is 0 Å². The van der Waals surface area contributed by atoms with Crippen LogP contribution < -0.4 is 0 Å². The van der Waals surface area contributed by atoms with Crippen molar-refractivity contribution in [2.45, 2.75) is 58.9 Å². The number of alkyl halides is 2. The molecule has 1 aliphatic rings. The van der Waals surface area contributed by atoms with Crippen molar-refractivity contribution in [1.29, 1.82) is 0 Å². The summed E-state index contributed by atoms with van der Waals surface area (Å²) in [6.45, 7) is 10.3. The van der Waals surface area contributed by atoms with E-state index in [9.17, 15) is 8.78 Å². The van der Waals surface area contributed by atoms with Crippen LogP contribution in [-0.4, -0.2) is 32.1 Å². The first-order chi connectivity index (χ1) is 15.2. The second kappa shape index (κ2) is 8.48. The number of allylic oxidation sites excluding steroid dienone is 1. The van der Waals surface area contributed by atoms with E-state index in [0.717, 1.165) is 45.1 Å². The number of hydrogen-bond donors (Lipinski definition) is 0. The summed E-state index contributed by atoms with van der Waals surface area (Å²) in [5.74, 6) is -1.60. The van der Waals surface area contributed by atoms with Crippen molar-refractivity contribution < 1.29 is 13.3 Å². The maximum atomic E-state index is 13.7. The summed E-state index contributed by atoms with van der Waals surface area (Å²) in [4.78, 5) is 4.36. The number of halogens is 2. The number of rotatable bonds is 6. The first-order valence-corrected chi connectivity index (χ1v) is 10.9. The van der Waals surface area contributed by atoms with E-state index in [-0.39, 0.29) is 18.8 Å². The molecule has 0 atom stereocenters. The minimum absolute atomic E-state index is 0.0513.